The maximum atomic E-state index is 12.1. The molecule has 0 radical (unpaired) electrons. The highest BCUT2D eigenvalue weighted by molar-refractivity contribution is 5.88. The molecule has 1 aliphatic rings. The number of carboxylic acids is 3. The number of ether oxygens (including phenoxy) is 1. The number of aliphatic hydroxyl groups is 1. The fourth-order valence-electron chi connectivity index (χ4n) is 1.98. The normalized spacial score (nSPS) is 15.7. The molecule has 11 heteroatoms. The van der Waals surface area contributed by atoms with Crippen molar-refractivity contribution in [2.75, 3.05) is 13.2 Å². The van der Waals surface area contributed by atoms with Crippen LogP contribution >= 0.6 is 0 Å². The molecule has 2 heterocycles. The number of alkyl halides is 1. The fraction of sp³-hybridized carbons (Fsp3) is 0.500. The lowest BCUT2D eigenvalue weighted by Gasteiger charge is -2.27. The first-order valence-electron chi connectivity index (χ1n) is 7.92. The molecule has 0 unspecified atom stereocenters. The molecule has 1 fully saturated rings. The van der Waals surface area contributed by atoms with Gasteiger partial charge >= 0.3 is 17.9 Å². The molecule has 10 nitrogen and oxygen atoms in total. The maximum Gasteiger partial charge on any atom is 0.336 e. The van der Waals surface area contributed by atoms with E-state index in [4.69, 9.17) is 25.2 Å². The summed E-state index contributed by atoms with van der Waals surface area (Å²) in [6.07, 6.45) is 0.437. The quantitative estimate of drug-likeness (QED) is 0.390. The minimum atomic E-state index is -2.74. The van der Waals surface area contributed by atoms with Crippen molar-refractivity contribution in [3.05, 3.63) is 24.0 Å². The van der Waals surface area contributed by atoms with E-state index in [2.05, 4.69) is 10.3 Å². The van der Waals surface area contributed by atoms with Crippen LogP contribution in [0.1, 0.15) is 25.0 Å². The highest BCUT2D eigenvalue weighted by Crippen LogP contribution is 2.15. The number of carboxylic acid groups (broad SMARTS) is 3. The molecule has 1 atom stereocenters. The van der Waals surface area contributed by atoms with Gasteiger partial charge in [-0.2, -0.15) is 0 Å². The number of carbonyl (C=O) groups is 3. The molecule has 0 aromatic carbocycles. The van der Waals surface area contributed by atoms with E-state index < -0.39 is 43.0 Å². The maximum absolute atomic E-state index is 12.1. The standard InChI is InChI=1S/C10H13FN2O.C6H8O7/c11-5-8-1-2-10(6-13-8)14-7-9-3-4-12-9;7-3(8)1-6(13,5(11)12)2-4(9)10/h1-2,6,9,12H,3-5,7H2;13H,1-2H2,(H,7,8)(H,9,10)(H,11,12)/t9-;/m0./s1. The Bertz CT molecular complexity index is 632. The van der Waals surface area contributed by atoms with Gasteiger partial charge in [-0.15, -0.1) is 0 Å². The molecule has 0 bridgehead atoms. The van der Waals surface area contributed by atoms with E-state index in [0.29, 0.717) is 24.1 Å². The van der Waals surface area contributed by atoms with Gasteiger partial charge < -0.3 is 30.5 Å². The van der Waals surface area contributed by atoms with Crippen molar-refractivity contribution in [1.82, 2.24) is 10.3 Å². The van der Waals surface area contributed by atoms with Gasteiger partial charge in [0.05, 0.1) is 24.7 Å². The van der Waals surface area contributed by atoms with Gasteiger partial charge in [-0.3, -0.25) is 14.6 Å². The molecule has 1 aromatic rings. The first kappa shape index (κ1) is 22.3. The Hall–Kier alpha value is -2.79. The van der Waals surface area contributed by atoms with Crippen molar-refractivity contribution in [3.63, 3.8) is 0 Å². The van der Waals surface area contributed by atoms with Crippen LogP contribution in [0.5, 0.6) is 5.75 Å². The van der Waals surface area contributed by atoms with Crippen molar-refractivity contribution in [2.45, 2.75) is 37.6 Å². The van der Waals surface area contributed by atoms with Crippen LogP contribution in [0.25, 0.3) is 0 Å². The zero-order valence-corrected chi connectivity index (χ0v) is 14.3. The smallest absolute Gasteiger partial charge is 0.336 e. The molecule has 27 heavy (non-hydrogen) atoms. The van der Waals surface area contributed by atoms with Crippen LogP contribution in [0.3, 0.4) is 0 Å². The number of hydrogen-bond donors (Lipinski definition) is 5. The topological polar surface area (TPSA) is 166 Å². The van der Waals surface area contributed by atoms with Crippen molar-refractivity contribution in [3.8, 4) is 5.75 Å². The van der Waals surface area contributed by atoms with Crippen LogP contribution in [0, 0.1) is 0 Å². The van der Waals surface area contributed by atoms with Crippen molar-refractivity contribution in [1.29, 1.82) is 0 Å². The Kier molecular flexibility index (Phi) is 8.56. The molecular weight excluding hydrogens is 367 g/mol. The van der Waals surface area contributed by atoms with Gasteiger partial charge in [0.2, 0.25) is 0 Å². The van der Waals surface area contributed by atoms with Crippen molar-refractivity contribution >= 4 is 17.9 Å². The summed E-state index contributed by atoms with van der Waals surface area (Å²) in [7, 11) is 0. The predicted octanol–water partition coefficient (Wildman–Crippen LogP) is 0.0433. The predicted molar refractivity (Wildman–Crippen MR) is 88.0 cm³/mol. The van der Waals surface area contributed by atoms with Crippen LogP contribution < -0.4 is 10.1 Å². The van der Waals surface area contributed by atoms with Crippen LogP contribution in [0.15, 0.2) is 18.3 Å². The van der Waals surface area contributed by atoms with E-state index in [0.717, 1.165) is 13.0 Å². The van der Waals surface area contributed by atoms with Gasteiger partial charge in [0.15, 0.2) is 5.60 Å². The average Bonchev–Trinajstić information content (AvgIpc) is 2.53. The third-order valence-corrected chi connectivity index (χ3v) is 3.60. The second kappa shape index (κ2) is 10.4. The summed E-state index contributed by atoms with van der Waals surface area (Å²) in [5.74, 6) is -4.31. The number of pyridine rings is 1. The number of halogens is 1. The van der Waals surface area contributed by atoms with Gasteiger partial charge in [0.1, 0.15) is 19.0 Å². The Balaban J connectivity index is 0.000000271. The summed E-state index contributed by atoms with van der Waals surface area (Å²) in [4.78, 5) is 34.4. The molecule has 2 rings (SSSR count). The first-order valence-corrected chi connectivity index (χ1v) is 7.92. The van der Waals surface area contributed by atoms with Crippen LogP contribution in [-0.2, 0) is 21.1 Å². The monoisotopic (exact) mass is 388 g/mol. The van der Waals surface area contributed by atoms with Crippen molar-refractivity contribution < 1.29 is 43.9 Å². The summed E-state index contributed by atoms with van der Waals surface area (Å²) in [5, 5.41) is 37.0. The molecule has 1 aromatic heterocycles. The van der Waals surface area contributed by atoms with Gasteiger partial charge in [-0.1, -0.05) is 0 Å². The number of rotatable bonds is 9. The Morgan fingerprint density at radius 3 is 2.15 bits per heavy atom. The molecule has 0 amide bonds. The first-order chi connectivity index (χ1) is 12.7. The van der Waals surface area contributed by atoms with Crippen LogP contribution in [0.2, 0.25) is 0 Å². The molecule has 1 aliphatic heterocycles. The summed E-state index contributed by atoms with van der Waals surface area (Å²) >= 11 is 0. The summed E-state index contributed by atoms with van der Waals surface area (Å²) in [5.41, 5.74) is -2.29. The Morgan fingerprint density at radius 1 is 1.22 bits per heavy atom. The molecule has 0 aliphatic carbocycles. The van der Waals surface area contributed by atoms with Gasteiger partial charge in [0, 0.05) is 6.04 Å². The Labute approximate surface area is 153 Å². The zero-order valence-electron chi connectivity index (χ0n) is 14.3. The van der Waals surface area contributed by atoms with E-state index in [1.807, 2.05) is 0 Å². The minimum absolute atomic E-state index is 0.444. The van der Waals surface area contributed by atoms with E-state index >= 15 is 0 Å². The third-order valence-electron chi connectivity index (χ3n) is 3.60. The number of aromatic nitrogens is 1. The SMILES string of the molecule is FCc1ccc(OC[C@@H]2CCN2)cn1.O=C(O)CC(O)(CC(=O)O)C(=O)O. The van der Waals surface area contributed by atoms with E-state index in [1.165, 1.54) is 0 Å². The molecule has 150 valence electrons. The van der Waals surface area contributed by atoms with E-state index in [1.54, 1.807) is 18.3 Å². The zero-order chi connectivity index (χ0) is 20.4. The fourth-order valence-corrected chi connectivity index (χ4v) is 1.98. The summed E-state index contributed by atoms with van der Waals surface area (Å²) in [6.45, 7) is 1.22. The number of aliphatic carboxylic acids is 3. The van der Waals surface area contributed by atoms with Gasteiger partial charge in [-0.25, -0.2) is 9.18 Å². The number of nitrogens with zero attached hydrogens (tertiary/aromatic N) is 1. The third kappa shape index (κ3) is 7.96. The molecule has 1 saturated heterocycles. The van der Waals surface area contributed by atoms with Crippen molar-refractivity contribution in [2.24, 2.45) is 0 Å². The van der Waals surface area contributed by atoms with Gasteiger partial charge in [-0.05, 0) is 25.1 Å². The summed E-state index contributed by atoms with van der Waals surface area (Å²) < 4.78 is 17.6. The summed E-state index contributed by atoms with van der Waals surface area (Å²) in [6, 6.07) is 3.86. The minimum Gasteiger partial charge on any atom is -0.490 e. The molecular formula is C16H21FN2O8. The highest BCUT2D eigenvalue weighted by atomic mass is 19.1. The second-order valence-electron chi connectivity index (χ2n) is 5.85. The lowest BCUT2D eigenvalue weighted by atomic mass is 9.96. The van der Waals surface area contributed by atoms with Gasteiger partial charge in [0.25, 0.3) is 0 Å². The molecule has 5 N–H and O–H groups in total. The molecule has 0 saturated carbocycles. The van der Waals surface area contributed by atoms with Crippen LogP contribution in [0.4, 0.5) is 4.39 Å². The Morgan fingerprint density at radius 2 is 1.81 bits per heavy atom. The molecule has 0 spiro atoms. The van der Waals surface area contributed by atoms with E-state index in [-0.39, 0.29) is 0 Å². The van der Waals surface area contributed by atoms with E-state index in [9.17, 15) is 18.8 Å². The highest BCUT2D eigenvalue weighted by Gasteiger charge is 2.40. The largest absolute Gasteiger partial charge is 0.490 e. The van der Waals surface area contributed by atoms with Crippen LogP contribution in [-0.4, -0.2) is 68.1 Å². The lowest BCUT2D eigenvalue weighted by molar-refractivity contribution is -0.170. The second-order valence-corrected chi connectivity index (χ2v) is 5.85. The number of hydrogen-bond acceptors (Lipinski definition) is 7. The average molecular weight is 388 g/mol. The lowest BCUT2D eigenvalue weighted by Crippen LogP contribution is -2.46. The number of nitrogens with one attached hydrogen (secondary N) is 1.